The van der Waals surface area contributed by atoms with Crippen LogP contribution in [0.4, 0.5) is 16.2 Å². The van der Waals surface area contributed by atoms with E-state index in [9.17, 15) is 18.0 Å². The molecule has 1 aliphatic rings. The predicted molar refractivity (Wildman–Crippen MR) is 111 cm³/mol. The molecule has 0 saturated carbocycles. The van der Waals surface area contributed by atoms with Gasteiger partial charge in [0.1, 0.15) is 17.5 Å². The Morgan fingerprint density at radius 3 is 2.84 bits per heavy atom. The van der Waals surface area contributed by atoms with E-state index in [4.69, 9.17) is 9.84 Å². The molecule has 0 saturated heterocycles. The molecule has 3 aromatic rings. The Morgan fingerprint density at radius 1 is 1.29 bits per heavy atom. The Morgan fingerprint density at radius 2 is 2.10 bits per heavy atom. The maximum atomic E-state index is 13.6. The van der Waals surface area contributed by atoms with Crippen LogP contribution in [0.25, 0.3) is 5.65 Å². The molecule has 0 aliphatic carbocycles. The van der Waals surface area contributed by atoms with Crippen molar-refractivity contribution in [3.8, 4) is 5.75 Å². The number of anilines is 2. The summed E-state index contributed by atoms with van der Waals surface area (Å²) in [4.78, 5) is 26.5. The largest absolute Gasteiger partial charge is 0.484 e. The van der Waals surface area contributed by atoms with Gasteiger partial charge in [0.05, 0.1) is 25.0 Å². The lowest BCUT2D eigenvalue weighted by Gasteiger charge is -2.35. The van der Waals surface area contributed by atoms with E-state index in [0.29, 0.717) is 5.65 Å². The number of carbonyl (C=O) groups is 2. The van der Waals surface area contributed by atoms with Crippen LogP contribution in [0.1, 0.15) is 6.92 Å². The molecule has 3 N–H and O–H groups in total. The Hall–Kier alpha value is -3.80. The summed E-state index contributed by atoms with van der Waals surface area (Å²) in [5, 5.41) is 13.8. The molecule has 12 heteroatoms. The van der Waals surface area contributed by atoms with Gasteiger partial charge < -0.3 is 15.2 Å². The zero-order valence-electron chi connectivity index (χ0n) is 16.3. The van der Waals surface area contributed by atoms with Gasteiger partial charge in [-0.15, -0.1) is 0 Å². The number of hydrogen-bond donors (Lipinski definition) is 3. The molecule has 0 bridgehead atoms. The molecule has 2 aromatic heterocycles. The third-order valence-corrected chi connectivity index (χ3v) is 6.41. The average Bonchev–Trinajstić information content (AvgIpc) is 3.16. The number of rotatable bonds is 5. The highest BCUT2D eigenvalue weighted by molar-refractivity contribution is 7.92. The van der Waals surface area contributed by atoms with Gasteiger partial charge in [0.25, 0.3) is 10.0 Å². The van der Waals surface area contributed by atoms with E-state index in [2.05, 4.69) is 15.6 Å². The molecular formula is C19H19N5O6S. The first kappa shape index (κ1) is 20.5. The number of carbonyl (C=O) groups excluding carboxylic acids is 1. The summed E-state index contributed by atoms with van der Waals surface area (Å²) in [5.74, 6) is -0.0264. The van der Waals surface area contributed by atoms with Crippen LogP contribution in [-0.4, -0.2) is 54.1 Å². The topological polar surface area (TPSA) is 142 Å². The molecule has 162 valence electrons. The van der Waals surface area contributed by atoms with Crippen molar-refractivity contribution in [3.05, 3.63) is 48.8 Å². The van der Waals surface area contributed by atoms with Crippen molar-refractivity contribution in [2.45, 2.75) is 18.1 Å². The number of amides is 2. The quantitative estimate of drug-likeness (QED) is 0.540. The molecule has 31 heavy (non-hydrogen) atoms. The van der Waals surface area contributed by atoms with Crippen molar-refractivity contribution in [1.82, 2.24) is 14.7 Å². The minimum Gasteiger partial charge on any atom is -0.484 e. The van der Waals surface area contributed by atoms with Crippen LogP contribution in [-0.2, 0) is 14.8 Å². The lowest BCUT2D eigenvalue weighted by atomic mass is 10.2. The first-order valence-corrected chi connectivity index (χ1v) is 10.7. The van der Waals surface area contributed by atoms with E-state index < -0.39 is 22.2 Å². The fraction of sp³-hybridized carbons (Fsp3) is 0.211. The maximum absolute atomic E-state index is 13.6. The van der Waals surface area contributed by atoms with E-state index >= 15 is 0 Å². The van der Waals surface area contributed by atoms with Crippen molar-refractivity contribution >= 4 is 39.0 Å². The van der Waals surface area contributed by atoms with Crippen molar-refractivity contribution < 1.29 is 27.9 Å². The maximum Gasteiger partial charge on any atom is 0.409 e. The predicted octanol–water partition coefficient (Wildman–Crippen LogP) is 1.52. The van der Waals surface area contributed by atoms with Crippen molar-refractivity contribution in [2.24, 2.45) is 0 Å². The zero-order valence-corrected chi connectivity index (χ0v) is 17.2. The normalized spacial score (nSPS) is 15.8. The summed E-state index contributed by atoms with van der Waals surface area (Å²) in [6.07, 6.45) is 0.926. The first-order chi connectivity index (χ1) is 14.8. The molecule has 11 nitrogen and oxygen atoms in total. The summed E-state index contributed by atoms with van der Waals surface area (Å²) in [7, 11) is -4.11. The van der Waals surface area contributed by atoms with E-state index in [1.165, 1.54) is 35.7 Å². The molecule has 3 heterocycles. The number of benzene rings is 1. The third-order valence-electron chi connectivity index (χ3n) is 4.66. The zero-order chi connectivity index (χ0) is 22.2. The summed E-state index contributed by atoms with van der Waals surface area (Å²) in [5.41, 5.74) is 0.829. The van der Waals surface area contributed by atoms with E-state index in [0.717, 1.165) is 4.31 Å². The van der Waals surface area contributed by atoms with Crippen LogP contribution in [0, 0.1) is 0 Å². The molecule has 1 aromatic carbocycles. The molecule has 0 radical (unpaired) electrons. The summed E-state index contributed by atoms with van der Waals surface area (Å²) in [6, 6.07) is 9.45. The van der Waals surface area contributed by atoms with Gasteiger partial charge in [0.15, 0.2) is 5.03 Å². The van der Waals surface area contributed by atoms with Gasteiger partial charge in [0.2, 0.25) is 5.91 Å². The molecule has 1 unspecified atom stereocenters. The number of pyridine rings is 1. The SMILES string of the molecule is CC(=O)NCC1CN(S(=O)(=O)c2cnc3ccccn23)c2cc(NC(=O)O)ccc2O1. The van der Waals surface area contributed by atoms with E-state index in [1.54, 1.807) is 24.4 Å². The van der Waals surface area contributed by atoms with Crippen molar-refractivity contribution in [2.75, 3.05) is 22.7 Å². The Bertz CT molecular complexity index is 1270. The van der Waals surface area contributed by atoms with E-state index in [-0.39, 0.29) is 41.1 Å². The monoisotopic (exact) mass is 445 g/mol. The average molecular weight is 445 g/mol. The fourth-order valence-corrected chi connectivity index (χ4v) is 4.90. The minimum absolute atomic E-state index is 0.0502. The van der Waals surface area contributed by atoms with Crippen LogP contribution in [0.2, 0.25) is 0 Å². The van der Waals surface area contributed by atoms with Gasteiger partial charge in [-0.25, -0.2) is 9.78 Å². The number of aromatic nitrogens is 2. The smallest absolute Gasteiger partial charge is 0.409 e. The molecule has 0 fully saturated rings. The second kappa shape index (κ2) is 7.80. The molecular weight excluding hydrogens is 426 g/mol. The summed E-state index contributed by atoms with van der Waals surface area (Å²) in [6.45, 7) is 1.36. The number of imidazole rings is 1. The first-order valence-electron chi connectivity index (χ1n) is 9.25. The number of ether oxygens (including phenoxy) is 1. The Balaban J connectivity index is 1.80. The lowest BCUT2D eigenvalue weighted by molar-refractivity contribution is -0.119. The number of nitrogens with one attached hydrogen (secondary N) is 2. The van der Waals surface area contributed by atoms with E-state index in [1.807, 2.05) is 0 Å². The number of hydrogen-bond acceptors (Lipinski definition) is 6. The second-order valence-corrected chi connectivity index (χ2v) is 8.66. The van der Waals surface area contributed by atoms with Gasteiger partial charge in [-0.2, -0.15) is 8.42 Å². The number of fused-ring (bicyclic) bond motifs is 2. The van der Waals surface area contributed by atoms with Gasteiger partial charge >= 0.3 is 6.09 Å². The van der Waals surface area contributed by atoms with Crippen LogP contribution in [0.3, 0.4) is 0 Å². The minimum atomic E-state index is -4.11. The molecule has 1 atom stereocenters. The van der Waals surface area contributed by atoms with Gasteiger partial charge in [-0.05, 0) is 30.3 Å². The van der Waals surface area contributed by atoms with Crippen LogP contribution in [0.15, 0.2) is 53.8 Å². The third kappa shape index (κ3) is 3.97. The highest BCUT2D eigenvalue weighted by Gasteiger charge is 2.36. The Kier molecular flexibility index (Phi) is 5.15. The Labute approximate surface area is 177 Å². The van der Waals surface area contributed by atoms with Gasteiger partial charge in [0, 0.05) is 18.8 Å². The molecule has 1 aliphatic heterocycles. The van der Waals surface area contributed by atoms with Crippen molar-refractivity contribution in [1.29, 1.82) is 0 Å². The molecule has 2 amide bonds. The van der Waals surface area contributed by atoms with Crippen molar-refractivity contribution in [3.63, 3.8) is 0 Å². The van der Waals surface area contributed by atoms with Crippen LogP contribution in [0.5, 0.6) is 5.75 Å². The highest BCUT2D eigenvalue weighted by atomic mass is 32.2. The number of sulfonamides is 1. The highest BCUT2D eigenvalue weighted by Crippen LogP contribution is 2.39. The van der Waals surface area contributed by atoms with Crippen LogP contribution >= 0.6 is 0 Å². The summed E-state index contributed by atoms with van der Waals surface area (Å²) < 4.78 is 35.7. The lowest BCUT2D eigenvalue weighted by Crippen LogP contribution is -2.48. The van der Waals surface area contributed by atoms with Gasteiger partial charge in [-0.3, -0.25) is 18.8 Å². The molecule has 0 spiro atoms. The standard InChI is InChI=1S/C19H19N5O6S/c1-12(25)20-9-14-11-24(15-8-13(22-19(26)27)5-6-16(15)30-14)31(28,29)18-10-21-17-4-2-3-7-23(17)18/h2-8,10,14,22H,9,11H2,1H3,(H,20,25)(H,26,27). The number of carboxylic acid groups (broad SMARTS) is 1. The second-order valence-electron chi connectivity index (χ2n) is 6.85. The summed E-state index contributed by atoms with van der Waals surface area (Å²) >= 11 is 0. The molecule has 4 rings (SSSR count). The number of nitrogens with zero attached hydrogens (tertiary/aromatic N) is 3. The van der Waals surface area contributed by atoms with Gasteiger partial charge in [-0.1, -0.05) is 6.07 Å². The fourth-order valence-electron chi connectivity index (χ4n) is 3.32. The van der Waals surface area contributed by atoms with Crippen LogP contribution < -0.4 is 19.7 Å².